The molecule has 4 nitrogen and oxygen atoms in total. The molecule has 0 spiro atoms. The standard InChI is InChI=1S/C14H19F2NO3/c1-14(17,13(18)19-2)7-3-4-8-20-12-6-5-10(15)9-11(12)16/h5-6,9H,3-4,7-8,17H2,1-2H3. The molecule has 2 N–H and O–H groups in total. The van der Waals surface area contributed by atoms with Gasteiger partial charge in [-0.2, -0.15) is 0 Å². The van der Waals surface area contributed by atoms with Crippen molar-refractivity contribution in [2.45, 2.75) is 31.7 Å². The summed E-state index contributed by atoms with van der Waals surface area (Å²) < 4.78 is 35.7. The van der Waals surface area contributed by atoms with Gasteiger partial charge in [0.2, 0.25) is 0 Å². The van der Waals surface area contributed by atoms with Crippen LogP contribution in [0.4, 0.5) is 8.78 Å². The number of methoxy groups -OCH3 is 1. The Morgan fingerprint density at radius 3 is 2.65 bits per heavy atom. The lowest BCUT2D eigenvalue weighted by atomic mass is 9.96. The average molecular weight is 287 g/mol. The number of unbranched alkanes of at least 4 members (excludes halogenated alkanes) is 1. The molecule has 0 radical (unpaired) electrons. The Labute approximate surface area is 116 Å². The number of hydrogen-bond donors (Lipinski definition) is 1. The summed E-state index contributed by atoms with van der Waals surface area (Å²) in [7, 11) is 1.29. The molecule has 0 aliphatic carbocycles. The van der Waals surface area contributed by atoms with E-state index in [0.29, 0.717) is 19.3 Å². The van der Waals surface area contributed by atoms with E-state index >= 15 is 0 Å². The molecule has 0 aliphatic rings. The van der Waals surface area contributed by atoms with E-state index < -0.39 is 23.1 Å². The largest absolute Gasteiger partial charge is 0.491 e. The number of rotatable bonds is 7. The number of ether oxygens (including phenoxy) is 2. The number of esters is 1. The first-order valence-electron chi connectivity index (χ1n) is 6.32. The highest BCUT2D eigenvalue weighted by Crippen LogP contribution is 2.18. The van der Waals surface area contributed by atoms with Gasteiger partial charge in [0.05, 0.1) is 13.7 Å². The first-order chi connectivity index (χ1) is 9.36. The maximum atomic E-state index is 13.3. The van der Waals surface area contributed by atoms with Gasteiger partial charge in [0, 0.05) is 6.07 Å². The lowest BCUT2D eigenvalue weighted by Gasteiger charge is -2.21. The minimum Gasteiger partial charge on any atom is -0.491 e. The van der Waals surface area contributed by atoms with Crippen molar-refractivity contribution in [1.82, 2.24) is 0 Å². The maximum absolute atomic E-state index is 13.3. The zero-order valence-corrected chi connectivity index (χ0v) is 11.6. The zero-order valence-electron chi connectivity index (χ0n) is 11.6. The van der Waals surface area contributed by atoms with Crippen molar-refractivity contribution in [2.75, 3.05) is 13.7 Å². The van der Waals surface area contributed by atoms with E-state index in [1.807, 2.05) is 0 Å². The number of carbonyl (C=O) groups excluding carboxylic acids is 1. The lowest BCUT2D eigenvalue weighted by molar-refractivity contribution is -0.146. The van der Waals surface area contributed by atoms with Crippen LogP contribution < -0.4 is 10.5 Å². The van der Waals surface area contributed by atoms with Crippen molar-refractivity contribution in [1.29, 1.82) is 0 Å². The predicted octanol–water partition coefficient (Wildman–Crippen LogP) is 2.40. The maximum Gasteiger partial charge on any atom is 0.325 e. The number of hydrogen-bond acceptors (Lipinski definition) is 4. The number of carbonyl (C=O) groups is 1. The van der Waals surface area contributed by atoms with Crippen molar-refractivity contribution < 1.29 is 23.0 Å². The molecule has 1 atom stereocenters. The molecule has 20 heavy (non-hydrogen) atoms. The minimum atomic E-state index is -1.03. The highest BCUT2D eigenvalue weighted by atomic mass is 19.1. The highest BCUT2D eigenvalue weighted by Gasteiger charge is 2.28. The Bertz CT molecular complexity index is 464. The Morgan fingerprint density at radius 2 is 2.05 bits per heavy atom. The van der Waals surface area contributed by atoms with Crippen LogP contribution in [0.2, 0.25) is 0 Å². The summed E-state index contributed by atoms with van der Waals surface area (Å²) in [6.07, 6.45) is 1.67. The van der Waals surface area contributed by atoms with Crippen LogP contribution >= 0.6 is 0 Å². The summed E-state index contributed by atoms with van der Waals surface area (Å²) in [6.45, 7) is 1.86. The number of benzene rings is 1. The van der Waals surface area contributed by atoms with Gasteiger partial charge in [-0.05, 0) is 38.3 Å². The van der Waals surface area contributed by atoms with E-state index in [-0.39, 0.29) is 12.4 Å². The Hall–Kier alpha value is -1.69. The quantitative estimate of drug-likeness (QED) is 0.618. The second-order valence-corrected chi connectivity index (χ2v) is 4.79. The number of nitrogens with two attached hydrogens (primary N) is 1. The van der Waals surface area contributed by atoms with E-state index in [9.17, 15) is 13.6 Å². The number of halogens is 2. The van der Waals surface area contributed by atoms with Gasteiger partial charge in [-0.25, -0.2) is 8.78 Å². The fraction of sp³-hybridized carbons (Fsp3) is 0.500. The van der Waals surface area contributed by atoms with Crippen LogP contribution in [0.15, 0.2) is 18.2 Å². The van der Waals surface area contributed by atoms with Crippen LogP contribution in [0.1, 0.15) is 26.2 Å². The molecule has 0 saturated carbocycles. The van der Waals surface area contributed by atoms with Crippen molar-refractivity contribution in [3.05, 3.63) is 29.8 Å². The van der Waals surface area contributed by atoms with Gasteiger partial charge in [0.1, 0.15) is 11.4 Å². The van der Waals surface area contributed by atoms with Crippen molar-refractivity contribution >= 4 is 5.97 Å². The molecule has 0 amide bonds. The highest BCUT2D eigenvalue weighted by molar-refractivity contribution is 5.79. The topological polar surface area (TPSA) is 61.5 Å². The van der Waals surface area contributed by atoms with Crippen LogP contribution in [0.5, 0.6) is 5.75 Å². The van der Waals surface area contributed by atoms with Crippen molar-refractivity contribution in [3.8, 4) is 5.75 Å². The molecular formula is C14H19F2NO3. The first kappa shape index (κ1) is 16.4. The summed E-state index contributed by atoms with van der Waals surface area (Å²) in [5.74, 6) is -1.84. The van der Waals surface area contributed by atoms with Crippen LogP contribution in [0.3, 0.4) is 0 Å². The SMILES string of the molecule is COC(=O)C(C)(N)CCCCOc1ccc(F)cc1F. The predicted molar refractivity (Wildman–Crippen MR) is 70.3 cm³/mol. The third-order valence-corrected chi connectivity index (χ3v) is 2.89. The second-order valence-electron chi connectivity index (χ2n) is 4.79. The molecule has 1 unspecified atom stereocenters. The molecule has 0 saturated heterocycles. The van der Waals surface area contributed by atoms with Gasteiger partial charge in [0.15, 0.2) is 11.6 Å². The Kier molecular flexibility index (Phi) is 5.88. The molecule has 6 heteroatoms. The van der Waals surface area contributed by atoms with Crippen LogP contribution in [0, 0.1) is 11.6 Å². The second kappa shape index (κ2) is 7.19. The molecule has 1 aromatic rings. The van der Waals surface area contributed by atoms with Crippen LogP contribution in [-0.2, 0) is 9.53 Å². The monoisotopic (exact) mass is 287 g/mol. The van der Waals surface area contributed by atoms with Gasteiger partial charge in [-0.15, -0.1) is 0 Å². The summed E-state index contributed by atoms with van der Waals surface area (Å²) in [5.41, 5.74) is 4.76. The molecule has 0 heterocycles. The third kappa shape index (κ3) is 4.77. The normalized spacial score (nSPS) is 13.7. The molecular weight excluding hydrogens is 268 g/mol. The lowest BCUT2D eigenvalue weighted by Crippen LogP contribution is -2.45. The van der Waals surface area contributed by atoms with Crippen molar-refractivity contribution in [2.24, 2.45) is 5.73 Å². The Balaban J connectivity index is 2.30. The zero-order chi connectivity index (χ0) is 15.2. The molecule has 1 rings (SSSR count). The average Bonchev–Trinajstić information content (AvgIpc) is 2.39. The molecule has 112 valence electrons. The molecule has 0 bridgehead atoms. The van der Waals surface area contributed by atoms with Crippen LogP contribution in [-0.4, -0.2) is 25.2 Å². The summed E-state index contributed by atoms with van der Waals surface area (Å²) in [5, 5.41) is 0. The molecule has 1 aromatic carbocycles. The molecule has 0 aromatic heterocycles. The van der Waals surface area contributed by atoms with E-state index in [1.165, 1.54) is 13.2 Å². The van der Waals surface area contributed by atoms with E-state index in [1.54, 1.807) is 6.92 Å². The van der Waals surface area contributed by atoms with Gasteiger partial charge >= 0.3 is 5.97 Å². The van der Waals surface area contributed by atoms with Gasteiger partial charge < -0.3 is 15.2 Å². The smallest absolute Gasteiger partial charge is 0.325 e. The Morgan fingerprint density at radius 1 is 1.35 bits per heavy atom. The van der Waals surface area contributed by atoms with Crippen molar-refractivity contribution in [3.63, 3.8) is 0 Å². The fourth-order valence-electron chi connectivity index (χ4n) is 1.70. The molecule has 0 aliphatic heterocycles. The van der Waals surface area contributed by atoms with E-state index in [2.05, 4.69) is 4.74 Å². The van der Waals surface area contributed by atoms with E-state index in [0.717, 1.165) is 12.1 Å². The fourth-order valence-corrected chi connectivity index (χ4v) is 1.70. The van der Waals surface area contributed by atoms with Crippen LogP contribution in [0.25, 0.3) is 0 Å². The van der Waals surface area contributed by atoms with E-state index in [4.69, 9.17) is 10.5 Å². The third-order valence-electron chi connectivity index (χ3n) is 2.89. The first-order valence-corrected chi connectivity index (χ1v) is 6.32. The summed E-state index contributed by atoms with van der Waals surface area (Å²) in [6, 6.07) is 3.14. The molecule has 0 fully saturated rings. The minimum absolute atomic E-state index is 0.00915. The van der Waals surface area contributed by atoms with Gasteiger partial charge in [-0.3, -0.25) is 4.79 Å². The summed E-state index contributed by atoms with van der Waals surface area (Å²) in [4.78, 5) is 11.3. The van der Waals surface area contributed by atoms with Gasteiger partial charge in [-0.1, -0.05) is 0 Å². The summed E-state index contributed by atoms with van der Waals surface area (Å²) >= 11 is 0. The van der Waals surface area contributed by atoms with Gasteiger partial charge in [0.25, 0.3) is 0 Å².